The summed E-state index contributed by atoms with van der Waals surface area (Å²) in [7, 11) is 0. The van der Waals surface area contributed by atoms with Crippen molar-refractivity contribution in [3.05, 3.63) is 23.8 Å². The molecule has 4 rings (SSSR count). The number of fused-ring (bicyclic) bond motifs is 5. The Hall–Kier alpha value is -1.13. The zero-order valence-corrected chi connectivity index (χ0v) is 22.6. The molecule has 9 atom stereocenters. The summed E-state index contributed by atoms with van der Waals surface area (Å²) in [6, 6.07) is 0. The summed E-state index contributed by atoms with van der Waals surface area (Å²) in [5.41, 5.74) is -1.09. The van der Waals surface area contributed by atoms with Gasteiger partial charge in [0.1, 0.15) is 6.10 Å². The Labute approximate surface area is 207 Å². The maximum Gasteiger partial charge on any atom is 0.302 e. The molecule has 0 radical (unpaired) electrons. The normalized spacial score (nSPS) is 45.8. The second kappa shape index (κ2) is 8.76. The third-order valence-corrected chi connectivity index (χ3v) is 11.0. The zero-order valence-electron chi connectivity index (χ0n) is 22.6. The first kappa shape index (κ1) is 25.9. The summed E-state index contributed by atoms with van der Waals surface area (Å²) in [4.78, 5) is 11.5. The van der Waals surface area contributed by atoms with E-state index in [1.54, 1.807) is 0 Å². The van der Waals surface area contributed by atoms with Gasteiger partial charge in [0.2, 0.25) is 0 Å². The molecule has 4 aliphatic rings. The van der Waals surface area contributed by atoms with E-state index in [4.69, 9.17) is 4.74 Å². The van der Waals surface area contributed by atoms with E-state index in [1.807, 2.05) is 0 Å². The maximum absolute atomic E-state index is 12.4. The Morgan fingerprint density at radius 3 is 2.41 bits per heavy atom. The van der Waals surface area contributed by atoms with Crippen LogP contribution < -0.4 is 0 Å². The van der Waals surface area contributed by atoms with Crippen LogP contribution in [-0.4, -0.2) is 33.5 Å². The lowest BCUT2D eigenvalue weighted by molar-refractivity contribution is -0.195. The van der Waals surface area contributed by atoms with Gasteiger partial charge in [-0.25, -0.2) is 0 Å². The third kappa shape index (κ3) is 3.92. The van der Waals surface area contributed by atoms with E-state index < -0.39 is 16.6 Å². The average molecular weight is 473 g/mol. The highest BCUT2D eigenvalue weighted by atomic mass is 16.5. The number of carbonyl (C=O) groups is 1. The Kier molecular flexibility index (Phi) is 6.69. The highest BCUT2D eigenvalue weighted by molar-refractivity contribution is 5.66. The number of allylic oxidation sites excluding steroid dienone is 3. The van der Waals surface area contributed by atoms with Gasteiger partial charge >= 0.3 is 5.97 Å². The van der Waals surface area contributed by atoms with Gasteiger partial charge in [-0.3, -0.25) is 4.79 Å². The Morgan fingerprint density at radius 1 is 1.06 bits per heavy atom. The molecule has 0 amide bonds. The van der Waals surface area contributed by atoms with Crippen LogP contribution in [0, 0.1) is 40.4 Å². The van der Waals surface area contributed by atoms with Crippen LogP contribution in [0.2, 0.25) is 0 Å². The third-order valence-electron chi connectivity index (χ3n) is 11.0. The number of hydrogen-bond acceptors (Lipinski definition) is 4. The lowest BCUT2D eigenvalue weighted by atomic mass is 9.45. The van der Waals surface area contributed by atoms with E-state index >= 15 is 0 Å². The molecule has 4 heteroatoms. The molecule has 0 bridgehead atoms. The first-order valence-electron chi connectivity index (χ1n) is 13.8. The van der Waals surface area contributed by atoms with Gasteiger partial charge in [-0.05, 0) is 85.5 Å². The van der Waals surface area contributed by atoms with Crippen LogP contribution in [0.1, 0.15) is 99.8 Å². The van der Waals surface area contributed by atoms with Crippen LogP contribution in [0.15, 0.2) is 23.8 Å². The van der Waals surface area contributed by atoms with Crippen molar-refractivity contribution in [1.29, 1.82) is 0 Å². The summed E-state index contributed by atoms with van der Waals surface area (Å²) in [5, 5.41) is 24.2. The Bertz CT molecular complexity index is 860. The number of esters is 1. The fraction of sp³-hybridized carbons (Fsp3) is 0.833. The number of carbonyl (C=O) groups excluding carboxylic acids is 1. The van der Waals surface area contributed by atoms with Gasteiger partial charge in [0.25, 0.3) is 0 Å². The minimum atomic E-state index is -0.932. The molecule has 0 aliphatic heterocycles. The van der Waals surface area contributed by atoms with E-state index in [-0.39, 0.29) is 23.4 Å². The lowest BCUT2D eigenvalue weighted by Crippen LogP contribution is -2.65. The predicted octanol–water partition coefficient (Wildman–Crippen LogP) is 6.21. The Morgan fingerprint density at radius 2 is 1.76 bits per heavy atom. The number of hydrogen-bond donors (Lipinski definition) is 2. The van der Waals surface area contributed by atoms with Crippen molar-refractivity contribution in [3.63, 3.8) is 0 Å². The topological polar surface area (TPSA) is 66.8 Å². The molecule has 2 N–H and O–H groups in total. The van der Waals surface area contributed by atoms with Gasteiger partial charge in [0.05, 0.1) is 11.2 Å². The van der Waals surface area contributed by atoms with Crippen molar-refractivity contribution in [1.82, 2.24) is 0 Å². The van der Waals surface area contributed by atoms with E-state index in [0.29, 0.717) is 42.9 Å². The minimum absolute atomic E-state index is 0.0732. The predicted molar refractivity (Wildman–Crippen MR) is 136 cm³/mol. The smallest absolute Gasteiger partial charge is 0.302 e. The first-order valence-corrected chi connectivity index (χ1v) is 13.8. The molecule has 0 aromatic heterocycles. The number of aliphatic hydroxyl groups is 2. The highest BCUT2D eigenvalue weighted by Crippen LogP contribution is 2.68. The van der Waals surface area contributed by atoms with Crippen LogP contribution in [-0.2, 0) is 9.53 Å². The van der Waals surface area contributed by atoms with Crippen molar-refractivity contribution in [2.75, 3.05) is 0 Å². The first-order chi connectivity index (χ1) is 15.8. The number of ether oxygens (including phenoxy) is 1. The van der Waals surface area contributed by atoms with Crippen LogP contribution >= 0.6 is 0 Å². The van der Waals surface area contributed by atoms with Crippen molar-refractivity contribution < 1.29 is 19.7 Å². The maximum atomic E-state index is 12.4. The molecule has 3 saturated carbocycles. The van der Waals surface area contributed by atoms with Crippen molar-refractivity contribution in [2.24, 2.45) is 40.4 Å². The molecule has 0 unspecified atom stereocenters. The van der Waals surface area contributed by atoms with Gasteiger partial charge in [0, 0.05) is 18.8 Å². The van der Waals surface area contributed by atoms with Gasteiger partial charge in [-0.1, -0.05) is 59.8 Å². The highest BCUT2D eigenvalue weighted by Gasteiger charge is 2.67. The summed E-state index contributed by atoms with van der Waals surface area (Å²) >= 11 is 0. The fourth-order valence-electron chi connectivity index (χ4n) is 8.49. The standard InChI is InChI=1S/C30H48O4/c1-19(2)20(3)8-9-21(4)24-10-11-25-27(24,6)14-13-26-28(7)15-12-23(34-22(5)31)18-29(28,32)16-17-30(25,26)33/h8-9,13,19-21,23-25,32-33H,10-12,14-18H2,1-7H3/b9-8+/t20-,21+,23+,24-,25-,27+,28+,29-,30+/m0/s1. The van der Waals surface area contributed by atoms with Crippen molar-refractivity contribution in [2.45, 2.75) is 117 Å². The van der Waals surface area contributed by atoms with E-state index in [2.05, 4.69) is 59.8 Å². The second-order valence-corrected chi connectivity index (χ2v) is 13.2. The molecule has 0 saturated heterocycles. The minimum Gasteiger partial charge on any atom is -0.462 e. The monoisotopic (exact) mass is 472 g/mol. The molecule has 3 fully saturated rings. The Balaban J connectivity index is 1.61. The SMILES string of the molecule is CC(=O)O[C@@H]1CC[C@]2(C)C3=CC[C@]4(C)[C@H]([C@H](C)/C=C/[C@H](C)C(C)C)CC[C@@H]4[C@]3(O)CC[C@]2(O)C1. The van der Waals surface area contributed by atoms with Gasteiger partial charge in [0.15, 0.2) is 0 Å². The van der Waals surface area contributed by atoms with Crippen molar-refractivity contribution >= 4 is 5.97 Å². The molecule has 4 aliphatic carbocycles. The van der Waals surface area contributed by atoms with Crippen LogP contribution in [0.25, 0.3) is 0 Å². The molecule has 192 valence electrons. The molecular weight excluding hydrogens is 424 g/mol. The zero-order chi connectivity index (χ0) is 25.1. The van der Waals surface area contributed by atoms with Gasteiger partial charge in [-0.15, -0.1) is 0 Å². The summed E-state index contributed by atoms with van der Waals surface area (Å²) in [5.74, 6) is 2.23. The summed E-state index contributed by atoms with van der Waals surface area (Å²) < 4.78 is 5.50. The quantitative estimate of drug-likeness (QED) is 0.369. The molecule has 4 nitrogen and oxygen atoms in total. The molecule has 0 spiro atoms. The summed E-state index contributed by atoms with van der Waals surface area (Å²) in [6.07, 6.45) is 13.2. The molecule has 0 aromatic rings. The lowest BCUT2D eigenvalue weighted by Gasteiger charge is -2.63. The van der Waals surface area contributed by atoms with Crippen LogP contribution in [0.3, 0.4) is 0 Å². The summed E-state index contributed by atoms with van der Waals surface area (Å²) in [6.45, 7) is 15.2. The molecular formula is C30H48O4. The second-order valence-electron chi connectivity index (χ2n) is 13.2. The largest absolute Gasteiger partial charge is 0.462 e. The van der Waals surface area contributed by atoms with Crippen LogP contribution in [0.4, 0.5) is 0 Å². The molecule has 34 heavy (non-hydrogen) atoms. The van der Waals surface area contributed by atoms with E-state index in [9.17, 15) is 15.0 Å². The van der Waals surface area contributed by atoms with Crippen LogP contribution in [0.5, 0.6) is 0 Å². The van der Waals surface area contributed by atoms with Gasteiger partial charge < -0.3 is 14.9 Å². The van der Waals surface area contributed by atoms with Gasteiger partial charge in [-0.2, -0.15) is 0 Å². The number of rotatable bonds is 5. The molecule has 0 aromatic carbocycles. The average Bonchev–Trinajstić information content (AvgIpc) is 3.11. The fourth-order valence-corrected chi connectivity index (χ4v) is 8.49. The van der Waals surface area contributed by atoms with E-state index in [0.717, 1.165) is 37.7 Å². The molecule has 0 heterocycles. The van der Waals surface area contributed by atoms with E-state index in [1.165, 1.54) is 6.92 Å². The van der Waals surface area contributed by atoms with Crippen molar-refractivity contribution in [3.8, 4) is 0 Å².